The Morgan fingerprint density at radius 1 is 1.13 bits per heavy atom. The van der Waals surface area contributed by atoms with Crippen molar-refractivity contribution in [3.63, 3.8) is 0 Å². The second-order valence-electron chi connectivity index (χ2n) is 9.25. The SMILES string of the molecule is CCCC(F)OC(=O)N(CC1(c2ncccc2F)CC(F)C1)c1ccc(-c2cc(C(=O)OC)ccc2F)nn1. The molecule has 8 nitrogen and oxygen atoms in total. The second kappa shape index (κ2) is 11.7. The molecular weight excluding hydrogens is 520 g/mol. The summed E-state index contributed by atoms with van der Waals surface area (Å²) in [4.78, 5) is 30.0. The van der Waals surface area contributed by atoms with Crippen LogP contribution in [0.2, 0.25) is 0 Å². The van der Waals surface area contributed by atoms with Gasteiger partial charge in [0.2, 0.25) is 6.36 Å². The Kier molecular flexibility index (Phi) is 8.41. The van der Waals surface area contributed by atoms with Crippen LogP contribution < -0.4 is 4.90 Å². The van der Waals surface area contributed by atoms with Crippen LogP contribution >= 0.6 is 0 Å². The van der Waals surface area contributed by atoms with Crippen LogP contribution in [0.1, 0.15) is 48.7 Å². The highest BCUT2D eigenvalue weighted by Gasteiger charge is 2.51. The predicted molar refractivity (Wildman–Crippen MR) is 132 cm³/mol. The molecule has 39 heavy (non-hydrogen) atoms. The van der Waals surface area contributed by atoms with Crippen molar-refractivity contribution < 1.29 is 36.6 Å². The number of esters is 1. The van der Waals surface area contributed by atoms with Gasteiger partial charge in [0.15, 0.2) is 5.82 Å². The zero-order valence-corrected chi connectivity index (χ0v) is 21.2. The van der Waals surface area contributed by atoms with Crippen molar-refractivity contribution in [2.24, 2.45) is 0 Å². The summed E-state index contributed by atoms with van der Waals surface area (Å²) in [7, 11) is 1.19. The molecule has 0 saturated heterocycles. The van der Waals surface area contributed by atoms with Crippen molar-refractivity contribution in [3.8, 4) is 11.3 Å². The number of aromatic nitrogens is 3. The van der Waals surface area contributed by atoms with E-state index in [4.69, 9.17) is 4.74 Å². The van der Waals surface area contributed by atoms with Gasteiger partial charge in [-0.15, -0.1) is 10.2 Å². The van der Waals surface area contributed by atoms with Crippen molar-refractivity contribution in [1.82, 2.24) is 15.2 Å². The first-order chi connectivity index (χ1) is 18.7. The molecule has 1 aliphatic rings. The van der Waals surface area contributed by atoms with E-state index in [2.05, 4.69) is 19.9 Å². The highest BCUT2D eigenvalue weighted by atomic mass is 19.1. The number of halogens is 4. The molecule has 1 aliphatic carbocycles. The molecule has 4 rings (SSSR count). The van der Waals surface area contributed by atoms with E-state index < -0.39 is 41.6 Å². The van der Waals surface area contributed by atoms with Gasteiger partial charge in [0.1, 0.15) is 17.8 Å². The van der Waals surface area contributed by atoms with Gasteiger partial charge in [-0.25, -0.2) is 27.2 Å². The van der Waals surface area contributed by atoms with Crippen LogP contribution in [0.25, 0.3) is 11.3 Å². The molecule has 1 fully saturated rings. The fourth-order valence-corrected chi connectivity index (χ4v) is 4.54. The van der Waals surface area contributed by atoms with E-state index in [1.54, 1.807) is 6.92 Å². The molecule has 0 N–H and O–H groups in total. The Hall–Kier alpha value is -4.09. The number of amides is 1. The van der Waals surface area contributed by atoms with Gasteiger partial charge in [0.25, 0.3) is 0 Å². The number of pyridine rings is 1. The van der Waals surface area contributed by atoms with E-state index >= 15 is 0 Å². The summed E-state index contributed by atoms with van der Waals surface area (Å²) < 4.78 is 67.3. The van der Waals surface area contributed by atoms with Crippen LogP contribution in [0.5, 0.6) is 0 Å². The number of alkyl halides is 2. The number of nitrogens with zero attached hydrogens (tertiary/aromatic N) is 4. The fourth-order valence-electron chi connectivity index (χ4n) is 4.54. The number of hydrogen-bond donors (Lipinski definition) is 0. The number of hydrogen-bond acceptors (Lipinski definition) is 7. The van der Waals surface area contributed by atoms with E-state index in [9.17, 15) is 27.2 Å². The highest BCUT2D eigenvalue weighted by molar-refractivity contribution is 5.91. The van der Waals surface area contributed by atoms with Crippen LogP contribution in [0.3, 0.4) is 0 Å². The molecule has 206 valence electrons. The van der Waals surface area contributed by atoms with E-state index in [1.165, 1.54) is 49.7 Å². The normalized spacial score (nSPS) is 19.1. The van der Waals surface area contributed by atoms with Crippen molar-refractivity contribution in [2.75, 3.05) is 18.6 Å². The topological polar surface area (TPSA) is 94.5 Å². The van der Waals surface area contributed by atoms with Gasteiger partial charge in [0.05, 0.1) is 24.1 Å². The van der Waals surface area contributed by atoms with Crippen LogP contribution in [0.4, 0.5) is 28.2 Å². The number of ether oxygens (including phenoxy) is 2. The van der Waals surface area contributed by atoms with Gasteiger partial charge in [-0.3, -0.25) is 9.88 Å². The molecule has 1 aromatic carbocycles. The molecule has 1 atom stereocenters. The highest BCUT2D eigenvalue weighted by Crippen LogP contribution is 2.46. The summed E-state index contributed by atoms with van der Waals surface area (Å²) in [6, 6.07) is 8.79. The third-order valence-electron chi connectivity index (χ3n) is 6.50. The van der Waals surface area contributed by atoms with Crippen molar-refractivity contribution in [3.05, 3.63) is 71.6 Å². The number of carbonyl (C=O) groups excluding carboxylic acids is 2. The summed E-state index contributed by atoms with van der Waals surface area (Å²) in [6.45, 7) is 1.39. The zero-order chi connectivity index (χ0) is 28.2. The molecule has 2 aromatic heterocycles. The number of rotatable bonds is 9. The molecule has 0 radical (unpaired) electrons. The van der Waals surface area contributed by atoms with Crippen LogP contribution in [-0.4, -0.2) is 53.4 Å². The van der Waals surface area contributed by atoms with E-state index in [0.29, 0.717) is 6.42 Å². The largest absolute Gasteiger partial charge is 0.465 e. The monoisotopic (exact) mass is 546 g/mol. The molecular formula is C27H26F4N4O4. The first kappa shape index (κ1) is 27.9. The standard InChI is InChI=1S/C27H26F4N4O4/c1-3-5-22(31)39-26(37)35(15-27(13-17(28)14-27)24-20(30)6-4-11-32-24)23-10-9-21(33-34-23)18-12-16(25(36)38-2)7-8-19(18)29/h4,6-12,17,22H,3,5,13-15H2,1-2H3. The van der Waals surface area contributed by atoms with Crippen molar-refractivity contribution >= 4 is 17.9 Å². The lowest BCUT2D eigenvalue weighted by atomic mass is 9.64. The van der Waals surface area contributed by atoms with Crippen LogP contribution in [0.15, 0.2) is 48.7 Å². The maximum atomic E-state index is 14.7. The first-order valence-electron chi connectivity index (χ1n) is 12.3. The third-order valence-corrected chi connectivity index (χ3v) is 6.50. The number of benzene rings is 1. The lowest BCUT2D eigenvalue weighted by molar-refractivity contribution is 0.00946. The Bertz CT molecular complexity index is 1340. The zero-order valence-electron chi connectivity index (χ0n) is 21.2. The molecule has 1 saturated carbocycles. The summed E-state index contributed by atoms with van der Waals surface area (Å²) in [5, 5.41) is 7.99. The van der Waals surface area contributed by atoms with Gasteiger partial charge in [-0.2, -0.15) is 0 Å². The van der Waals surface area contributed by atoms with Gasteiger partial charge in [0, 0.05) is 30.1 Å². The number of carbonyl (C=O) groups is 2. The molecule has 1 unspecified atom stereocenters. The summed E-state index contributed by atoms with van der Waals surface area (Å²) in [5.41, 5.74) is -1.19. The van der Waals surface area contributed by atoms with Gasteiger partial charge in [-0.05, 0) is 61.7 Å². The predicted octanol–water partition coefficient (Wildman–Crippen LogP) is 5.71. The van der Waals surface area contributed by atoms with E-state index in [0.717, 1.165) is 11.0 Å². The molecule has 0 spiro atoms. The minimum absolute atomic E-state index is 0.0302. The number of anilines is 1. The lowest BCUT2D eigenvalue weighted by Crippen LogP contribution is -2.54. The second-order valence-corrected chi connectivity index (χ2v) is 9.25. The Labute approximate surface area is 222 Å². The summed E-state index contributed by atoms with van der Waals surface area (Å²) in [6.07, 6.45) is -2.83. The van der Waals surface area contributed by atoms with Crippen molar-refractivity contribution in [2.45, 2.75) is 50.6 Å². The fraction of sp³-hybridized carbons (Fsp3) is 0.370. The van der Waals surface area contributed by atoms with Crippen LogP contribution in [-0.2, 0) is 14.9 Å². The number of methoxy groups -OCH3 is 1. The Balaban J connectivity index is 1.69. The lowest BCUT2D eigenvalue weighted by Gasteiger charge is -2.45. The molecule has 3 aromatic rings. The molecule has 1 amide bonds. The van der Waals surface area contributed by atoms with Gasteiger partial charge < -0.3 is 9.47 Å². The summed E-state index contributed by atoms with van der Waals surface area (Å²) in [5.74, 6) is -2.15. The summed E-state index contributed by atoms with van der Waals surface area (Å²) >= 11 is 0. The van der Waals surface area contributed by atoms with Gasteiger partial charge >= 0.3 is 12.1 Å². The smallest absolute Gasteiger partial charge is 0.418 e. The Morgan fingerprint density at radius 3 is 2.51 bits per heavy atom. The van der Waals surface area contributed by atoms with E-state index in [-0.39, 0.29) is 54.1 Å². The first-order valence-corrected chi connectivity index (χ1v) is 12.3. The molecule has 12 heteroatoms. The minimum atomic E-state index is -1.91. The average molecular weight is 547 g/mol. The Morgan fingerprint density at radius 2 is 1.90 bits per heavy atom. The minimum Gasteiger partial charge on any atom is -0.465 e. The van der Waals surface area contributed by atoms with Crippen LogP contribution in [0, 0.1) is 11.6 Å². The molecule has 0 aliphatic heterocycles. The third kappa shape index (κ3) is 5.99. The molecule has 2 heterocycles. The maximum Gasteiger partial charge on any atom is 0.418 e. The quantitative estimate of drug-likeness (QED) is 0.251. The van der Waals surface area contributed by atoms with E-state index in [1.807, 2.05) is 0 Å². The molecule has 0 bridgehead atoms. The van der Waals surface area contributed by atoms with Crippen molar-refractivity contribution in [1.29, 1.82) is 0 Å². The maximum absolute atomic E-state index is 14.7. The average Bonchev–Trinajstić information content (AvgIpc) is 2.90. The van der Waals surface area contributed by atoms with Gasteiger partial charge in [-0.1, -0.05) is 6.92 Å².